The number of hydrogen-bond acceptors (Lipinski definition) is 6. The lowest BCUT2D eigenvalue weighted by Crippen LogP contribution is -2.37. The van der Waals surface area contributed by atoms with Gasteiger partial charge < -0.3 is 26.0 Å². The van der Waals surface area contributed by atoms with Gasteiger partial charge in [0.1, 0.15) is 11.5 Å². The average molecular weight is 388 g/mol. The number of carbonyl (C=O) groups excluding carboxylic acids is 1. The van der Waals surface area contributed by atoms with Gasteiger partial charge in [-0.1, -0.05) is 0 Å². The van der Waals surface area contributed by atoms with Crippen LogP contribution in [0.25, 0.3) is 0 Å². The molecule has 27 heavy (non-hydrogen) atoms. The topological polar surface area (TPSA) is 105 Å². The zero-order valence-corrected chi connectivity index (χ0v) is 16.0. The number of aromatic hydroxyl groups is 2. The molecule has 2 fully saturated rings. The van der Waals surface area contributed by atoms with Crippen molar-refractivity contribution in [3.63, 3.8) is 0 Å². The van der Waals surface area contributed by atoms with Crippen LogP contribution in [0, 0.1) is 6.92 Å². The molecule has 0 saturated carbocycles. The third-order valence-electron chi connectivity index (χ3n) is 5.65. The van der Waals surface area contributed by atoms with Gasteiger partial charge in [-0.3, -0.25) is 0 Å². The van der Waals surface area contributed by atoms with E-state index in [2.05, 4.69) is 12.2 Å². The van der Waals surface area contributed by atoms with E-state index in [0.717, 1.165) is 29.5 Å². The SMILES string of the molecule is Cc1c(C2CC3CCC(C2)N3)sc(OC(N)=O)c1Cc1cc(O)cc(O)c1. The van der Waals surface area contributed by atoms with Crippen LogP contribution in [0.5, 0.6) is 16.6 Å². The molecule has 1 aromatic carbocycles. The van der Waals surface area contributed by atoms with Crippen molar-refractivity contribution in [2.75, 3.05) is 0 Å². The molecular formula is C20H24N2O4S. The number of primary amides is 1. The van der Waals surface area contributed by atoms with E-state index in [-0.39, 0.29) is 11.5 Å². The van der Waals surface area contributed by atoms with Crippen molar-refractivity contribution in [1.82, 2.24) is 5.32 Å². The van der Waals surface area contributed by atoms with Gasteiger partial charge in [0.15, 0.2) is 5.06 Å². The molecule has 2 atom stereocenters. The van der Waals surface area contributed by atoms with E-state index < -0.39 is 6.09 Å². The van der Waals surface area contributed by atoms with Crippen LogP contribution < -0.4 is 15.8 Å². The van der Waals surface area contributed by atoms with Gasteiger partial charge in [0.2, 0.25) is 0 Å². The molecule has 2 aliphatic heterocycles. The van der Waals surface area contributed by atoms with Crippen LogP contribution in [-0.4, -0.2) is 28.4 Å². The number of phenols is 2. The Hall–Kier alpha value is -2.25. The Bertz CT molecular complexity index is 847. The Kier molecular flexibility index (Phi) is 4.74. The summed E-state index contributed by atoms with van der Waals surface area (Å²) >= 11 is 1.50. The summed E-state index contributed by atoms with van der Waals surface area (Å²) in [6.07, 6.45) is 4.27. The molecule has 4 rings (SSSR count). The molecule has 7 heteroatoms. The van der Waals surface area contributed by atoms with E-state index in [0.29, 0.717) is 29.5 Å². The number of ether oxygens (including phenoxy) is 1. The Morgan fingerprint density at radius 3 is 2.44 bits per heavy atom. The van der Waals surface area contributed by atoms with Crippen LogP contribution in [0.3, 0.4) is 0 Å². The molecule has 0 spiro atoms. The summed E-state index contributed by atoms with van der Waals surface area (Å²) in [4.78, 5) is 12.7. The first-order valence-electron chi connectivity index (χ1n) is 9.26. The lowest BCUT2D eigenvalue weighted by atomic mass is 9.88. The number of benzene rings is 1. The second-order valence-corrected chi connectivity index (χ2v) is 8.63. The fraction of sp³-hybridized carbons (Fsp3) is 0.450. The molecule has 2 bridgehead atoms. The molecule has 3 heterocycles. The van der Waals surface area contributed by atoms with Gasteiger partial charge in [-0.15, -0.1) is 11.3 Å². The van der Waals surface area contributed by atoms with E-state index >= 15 is 0 Å². The molecule has 144 valence electrons. The number of rotatable bonds is 4. The van der Waals surface area contributed by atoms with E-state index in [4.69, 9.17) is 10.5 Å². The predicted octanol–water partition coefficient (Wildman–Crippen LogP) is 3.51. The van der Waals surface area contributed by atoms with Crippen molar-refractivity contribution >= 4 is 17.4 Å². The highest BCUT2D eigenvalue weighted by Gasteiger charge is 2.36. The van der Waals surface area contributed by atoms with Crippen LogP contribution in [0.2, 0.25) is 0 Å². The normalized spacial score (nSPS) is 24.1. The first kappa shape index (κ1) is 18.1. The second kappa shape index (κ2) is 7.05. The number of phenolic OH excluding ortho intramolecular Hbond substituents is 2. The van der Waals surface area contributed by atoms with Crippen molar-refractivity contribution in [3.8, 4) is 16.6 Å². The number of fused-ring (bicyclic) bond motifs is 2. The molecular weight excluding hydrogens is 364 g/mol. The zero-order valence-electron chi connectivity index (χ0n) is 15.2. The molecule has 2 aromatic rings. The first-order chi connectivity index (χ1) is 12.9. The summed E-state index contributed by atoms with van der Waals surface area (Å²) < 4.78 is 5.32. The number of nitrogens with two attached hydrogens (primary N) is 1. The average Bonchev–Trinajstić information content (AvgIpc) is 3.07. The van der Waals surface area contributed by atoms with Crippen molar-refractivity contribution in [2.24, 2.45) is 5.73 Å². The minimum Gasteiger partial charge on any atom is -0.508 e. The number of thiophene rings is 1. The maximum Gasteiger partial charge on any atom is 0.410 e. The maximum absolute atomic E-state index is 11.4. The summed E-state index contributed by atoms with van der Waals surface area (Å²) in [5.41, 5.74) is 8.04. The van der Waals surface area contributed by atoms with Crippen molar-refractivity contribution in [3.05, 3.63) is 39.8 Å². The van der Waals surface area contributed by atoms with Crippen LogP contribution in [0.4, 0.5) is 4.79 Å². The van der Waals surface area contributed by atoms with Crippen LogP contribution in [0.1, 0.15) is 53.2 Å². The predicted molar refractivity (Wildman–Crippen MR) is 104 cm³/mol. The highest BCUT2D eigenvalue weighted by Crippen LogP contribution is 2.46. The zero-order chi connectivity index (χ0) is 19.1. The minimum atomic E-state index is -0.826. The summed E-state index contributed by atoms with van der Waals surface area (Å²) in [5.74, 6) is 0.464. The van der Waals surface area contributed by atoms with E-state index in [9.17, 15) is 15.0 Å². The lowest BCUT2D eigenvalue weighted by Gasteiger charge is -2.29. The lowest BCUT2D eigenvalue weighted by molar-refractivity contribution is 0.212. The Morgan fingerprint density at radius 2 is 1.85 bits per heavy atom. The number of amides is 1. The highest BCUT2D eigenvalue weighted by atomic mass is 32.1. The third-order valence-corrected chi connectivity index (χ3v) is 7.03. The first-order valence-corrected chi connectivity index (χ1v) is 10.1. The molecule has 2 unspecified atom stereocenters. The number of hydrogen-bond donors (Lipinski definition) is 4. The molecule has 0 radical (unpaired) electrons. The Balaban J connectivity index is 1.68. The minimum absolute atomic E-state index is 0.00501. The van der Waals surface area contributed by atoms with Crippen molar-refractivity contribution in [1.29, 1.82) is 0 Å². The highest BCUT2D eigenvalue weighted by molar-refractivity contribution is 7.14. The molecule has 1 aromatic heterocycles. The van der Waals surface area contributed by atoms with Crippen molar-refractivity contribution in [2.45, 2.75) is 57.0 Å². The molecule has 2 saturated heterocycles. The fourth-order valence-electron chi connectivity index (χ4n) is 4.54. The Labute approximate surface area is 162 Å². The molecule has 1 amide bonds. The van der Waals surface area contributed by atoms with Crippen LogP contribution >= 0.6 is 11.3 Å². The summed E-state index contributed by atoms with van der Waals surface area (Å²) in [5, 5.41) is 23.7. The molecule has 5 N–H and O–H groups in total. The van der Waals surface area contributed by atoms with Gasteiger partial charge in [-0.05, 0) is 61.8 Å². The smallest absolute Gasteiger partial charge is 0.410 e. The van der Waals surface area contributed by atoms with Gasteiger partial charge in [0.05, 0.1) is 0 Å². The van der Waals surface area contributed by atoms with Gasteiger partial charge in [-0.2, -0.15) is 0 Å². The van der Waals surface area contributed by atoms with Gasteiger partial charge in [0.25, 0.3) is 0 Å². The quantitative estimate of drug-likeness (QED) is 0.641. The molecule has 2 aliphatic rings. The Morgan fingerprint density at radius 1 is 1.22 bits per heavy atom. The fourth-order valence-corrected chi connectivity index (χ4v) is 5.85. The largest absolute Gasteiger partial charge is 0.508 e. The van der Waals surface area contributed by atoms with E-state index in [1.807, 2.05) is 0 Å². The van der Waals surface area contributed by atoms with E-state index in [1.54, 1.807) is 12.1 Å². The number of piperidine rings is 1. The summed E-state index contributed by atoms with van der Waals surface area (Å²) in [7, 11) is 0. The maximum atomic E-state index is 11.4. The standard InChI is InChI=1S/C20H24N2O4S/c1-10-17(6-11-4-15(23)9-16(24)5-11)19(26-20(21)25)27-18(10)12-7-13-2-3-14(8-12)22-13/h4-5,9,12-14,22-24H,2-3,6-8H2,1H3,(H2,21,25). The monoisotopic (exact) mass is 388 g/mol. The second-order valence-electron chi connectivity index (χ2n) is 7.62. The summed E-state index contributed by atoms with van der Waals surface area (Å²) in [6.45, 7) is 2.06. The van der Waals surface area contributed by atoms with Crippen LogP contribution in [-0.2, 0) is 6.42 Å². The number of carbonyl (C=O) groups is 1. The van der Waals surface area contributed by atoms with Crippen molar-refractivity contribution < 1.29 is 19.7 Å². The van der Waals surface area contributed by atoms with E-state index in [1.165, 1.54) is 35.1 Å². The molecule has 0 aliphatic carbocycles. The van der Waals surface area contributed by atoms with Gasteiger partial charge in [0, 0.05) is 35.0 Å². The van der Waals surface area contributed by atoms with Crippen LogP contribution in [0.15, 0.2) is 18.2 Å². The van der Waals surface area contributed by atoms with Gasteiger partial charge in [-0.25, -0.2) is 4.79 Å². The number of nitrogens with one attached hydrogen (secondary N) is 1. The third kappa shape index (κ3) is 3.75. The molecule has 6 nitrogen and oxygen atoms in total. The van der Waals surface area contributed by atoms with Gasteiger partial charge >= 0.3 is 6.09 Å². The summed E-state index contributed by atoms with van der Waals surface area (Å²) in [6, 6.07) is 5.65.